The van der Waals surface area contributed by atoms with E-state index in [9.17, 15) is 9.59 Å². The molecule has 0 aromatic heterocycles. The molecular formula is C19H20N2O4. The maximum absolute atomic E-state index is 12.5. The van der Waals surface area contributed by atoms with Crippen LogP contribution in [0.25, 0.3) is 0 Å². The van der Waals surface area contributed by atoms with Crippen molar-refractivity contribution in [3.63, 3.8) is 0 Å². The fourth-order valence-electron chi connectivity index (χ4n) is 2.97. The monoisotopic (exact) mass is 340 g/mol. The van der Waals surface area contributed by atoms with Crippen LogP contribution < -0.4 is 20.5 Å². The van der Waals surface area contributed by atoms with E-state index in [4.69, 9.17) is 15.2 Å². The first-order valence-electron chi connectivity index (χ1n) is 7.96. The summed E-state index contributed by atoms with van der Waals surface area (Å²) in [5.41, 5.74) is 7.12. The summed E-state index contributed by atoms with van der Waals surface area (Å²) in [4.78, 5) is 23.9. The molecule has 1 aliphatic carbocycles. The third kappa shape index (κ3) is 3.42. The van der Waals surface area contributed by atoms with Crippen molar-refractivity contribution >= 4 is 17.5 Å². The first-order valence-corrected chi connectivity index (χ1v) is 7.96. The van der Waals surface area contributed by atoms with Gasteiger partial charge in [0.25, 0.3) is 5.91 Å². The number of ether oxygens (including phenoxy) is 2. The van der Waals surface area contributed by atoms with Crippen LogP contribution in [0.4, 0.5) is 5.69 Å². The lowest BCUT2D eigenvalue weighted by Gasteiger charge is -2.10. The molecule has 1 saturated carbocycles. The van der Waals surface area contributed by atoms with Gasteiger partial charge in [-0.2, -0.15) is 0 Å². The highest BCUT2D eigenvalue weighted by atomic mass is 16.5. The normalized spacial score (nSPS) is 18.3. The average molecular weight is 340 g/mol. The zero-order valence-electron chi connectivity index (χ0n) is 14.1. The quantitative estimate of drug-likeness (QED) is 0.845. The van der Waals surface area contributed by atoms with E-state index in [0.29, 0.717) is 22.7 Å². The van der Waals surface area contributed by atoms with E-state index < -0.39 is 5.91 Å². The highest BCUT2D eigenvalue weighted by Crippen LogP contribution is 2.49. The van der Waals surface area contributed by atoms with Crippen molar-refractivity contribution < 1.29 is 19.1 Å². The number of methoxy groups -OCH3 is 2. The van der Waals surface area contributed by atoms with E-state index in [0.717, 1.165) is 12.0 Å². The molecule has 2 atom stereocenters. The number of primary amides is 1. The van der Waals surface area contributed by atoms with Crippen LogP contribution in [0.1, 0.15) is 28.3 Å². The minimum Gasteiger partial charge on any atom is -0.493 e. The van der Waals surface area contributed by atoms with Gasteiger partial charge in [0, 0.05) is 5.92 Å². The van der Waals surface area contributed by atoms with Gasteiger partial charge in [0.15, 0.2) is 11.5 Å². The predicted octanol–water partition coefficient (Wildman–Crippen LogP) is 2.54. The van der Waals surface area contributed by atoms with Gasteiger partial charge in [-0.25, -0.2) is 0 Å². The number of nitrogens with two attached hydrogens (primary N) is 1. The average Bonchev–Trinajstić information content (AvgIpc) is 3.42. The van der Waals surface area contributed by atoms with Crippen LogP contribution in [0, 0.1) is 5.92 Å². The number of rotatable bonds is 6. The number of carbonyl (C=O) groups excluding carboxylic acids is 2. The summed E-state index contributed by atoms with van der Waals surface area (Å²) >= 11 is 0. The number of carbonyl (C=O) groups is 2. The number of hydrogen-bond donors (Lipinski definition) is 2. The number of nitrogens with one attached hydrogen (secondary N) is 1. The van der Waals surface area contributed by atoms with Gasteiger partial charge >= 0.3 is 0 Å². The number of hydrogen-bond acceptors (Lipinski definition) is 4. The van der Waals surface area contributed by atoms with Gasteiger partial charge in [-0.15, -0.1) is 0 Å². The zero-order valence-corrected chi connectivity index (χ0v) is 14.1. The molecular weight excluding hydrogens is 320 g/mol. The predicted molar refractivity (Wildman–Crippen MR) is 94.0 cm³/mol. The molecule has 1 aliphatic rings. The highest BCUT2D eigenvalue weighted by Gasteiger charge is 2.44. The lowest BCUT2D eigenvalue weighted by molar-refractivity contribution is -0.117. The van der Waals surface area contributed by atoms with Crippen LogP contribution in [0.5, 0.6) is 11.5 Å². The van der Waals surface area contributed by atoms with Crippen molar-refractivity contribution in [2.75, 3.05) is 19.5 Å². The van der Waals surface area contributed by atoms with Crippen LogP contribution in [-0.2, 0) is 4.79 Å². The fraction of sp³-hybridized carbons (Fsp3) is 0.263. The maximum atomic E-state index is 12.5. The van der Waals surface area contributed by atoms with Crippen LogP contribution in [0.15, 0.2) is 42.5 Å². The minimum atomic E-state index is -0.567. The van der Waals surface area contributed by atoms with Gasteiger partial charge < -0.3 is 20.5 Å². The number of amides is 2. The summed E-state index contributed by atoms with van der Waals surface area (Å²) in [6, 6.07) is 12.4. The van der Waals surface area contributed by atoms with Crippen LogP contribution >= 0.6 is 0 Å². The maximum Gasteiger partial charge on any atom is 0.250 e. The molecule has 0 saturated heterocycles. The minimum absolute atomic E-state index is 0.117. The van der Waals surface area contributed by atoms with Gasteiger partial charge in [0.05, 0.1) is 25.5 Å². The Balaban J connectivity index is 1.72. The summed E-state index contributed by atoms with van der Waals surface area (Å²) in [6.45, 7) is 0. The Morgan fingerprint density at radius 1 is 1.08 bits per heavy atom. The Kier molecular flexibility index (Phi) is 4.61. The first-order chi connectivity index (χ1) is 12.0. The summed E-state index contributed by atoms with van der Waals surface area (Å²) < 4.78 is 10.5. The van der Waals surface area contributed by atoms with Crippen molar-refractivity contribution in [3.05, 3.63) is 53.6 Å². The fourth-order valence-corrected chi connectivity index (χ4v) is 2.97. The van der Waals surface area contributed by atoms with E-state index in [1.807, 2.05) is 18.2 Å². The SMILES string of the molecule is COc1ccc(C2CC2C(=O)Nc2ccccc2C(N)=O)cc1OC. The Bertz CT molecular complexity index is 819. The molecule has 2 unspecified atom stereocenters. The van der Waals surface area contributed by atoms with Crippen molar-refractivity contribution in [1.82, 2.24) is 0 Å². The third-order valence-electron chi connectivity index (χ3n) is 4.41. The van der Waals surface area contributed by atoms with Crippen molar-refractivity contribution in [2.24, 2.45) is 11.7 Å². The van der Waals surface area contributed by atoms with Gasteiger partial charge in [0.2, 0.25) is 5.91 Å². The van der Waals surface area contributed by atoms with Crippen molar-refractivity contribution in [2.45, 2.75) is 12.3 Å². The smallest absolute Gasteiger partial charge is 0.250 e. The molecule has 0 bridgehead atoms. The standard InChI is InChI=1S/C19H20N2O4/c1-24-16-8-7-11(9-17(16)25-2)13-10-14(13)19(23)21-15-6-4-3-5-12(15)18(20)22/h3-9,13-14H,10H2,1-2H3,(H2,20,22)(H,21,23). The van der Waals surface area contributed by atoms with Crippen LogP contribution in [-0.4, -0.2) is 26.0 Å². The highest BCUT2D eigenvalue weighted by molar-refractivity contribution is 6.04. The topological polar surface area (TPSA) is 90.6 Å². The van der Waals surface area contributed by atoms with Crippen LogP contribution in [0.3, 0.4) is 0 Å². The third-order valence-corrected chi connectivity index (χ3v) is 4.41. The summed E-state index contributed by atoms with van der Waals surface area (Å²) in [6.07, 6.45) is 0.750. The van der Waals surface area contributed by atoms with E-state index in [1.54, 1.807) is 38.5 Å². The lowest BCUT2D eigenvalue weighted by atomic mass is 10.1. The number of para-hydroxylation sites is 1. The van der Waals surface area contributed by atoms with Gasteiger partial charge in [-0.05, 0) is 42.2 Å². The van der Waals surface area contributed by atoms with E-state index in [2.05, 4.69) is 5.32 Å². The molecule has 2 aromatic carbocycles. The molecule has 1 fully saturated rings. The molecule has 6 nitrogen and oxygen atoms in total. The molecule has 3 N–H and O–H groups in total. The molecule has 25 heavy (non-hydrogen) atoms. The second-order valence-corrected chi connectivity index (χ2v) is 5.96. The zero-order chi connectivity index (χ0) is 18.0. The molecule has 0 radical (unpaired) electrons. The summed E-state index contributed by atoms with van der Waals surface area (Å²) in [5.74, 6) is 0.602. The van der Waals surface area contributed by atoms with Gasteiger partial charge in [0.1, 0.15) is 0 Å². The number of anilines is 1. The lowest BCUT2D eigenvalue weighted by Crippen LogP contribution is -2.19. The molecule has 2 aromatic rings. The largest absolute Gasteiger partial charge is 0.493 e. The Morgan fingerprint density at radius 2 is 1.80 bits per heavy atom. The Hall–Kier alpha value is -3.02. The van der Waals surface area contributed by atoms with E-state index in [1.165, 1.54) is 0 Å². The first kappa shape index (κ1) is 16.8. The Morgan fingerprint density at radius 3 is 2.48 bits per heavy atom. The molecule has 6 heteroatoms. The number of benzene rings is 2. The molecule has 0 aliphatic heterocycles. The Labute approximate surface area is 145 Å². The second kappa shape index (κ2) is 6.84. The van der Waals surface area contributed by atoms with Gasteiger partial charge in [-0.1, -0.05) is 18.2 Å². The van der Waals surface area contributed by atoms with Crippen molar-refractivity contribution in [3.8, 4) is 11.5 Å². The molecule has 0 spiro atoms. The summed E-state index contributed by atoms with van der Waals surface area (Å²) in [5, 5.41) is 2.81. The molecule has 3 rings (SSSR count). The molecule has 0 heterocycles. The van der Waals surface area contributed by atoms with Crippen molar-refractivity contribution in [1.29, 1.82) is 0 Å². The second-order valence-electron chi connectivity index (χ2n) is 5.96. The van der Waals surface area contributed by atoms with E-state index >= 15 is 0 Å². The molecule has 2 amide bonds. The van der Waals surface area contributed by atoms with Crippen LogP contribution in [0.2, 0.25) is 0 Å². The summed E-state index contributed by atoms with van der Waals surface area (Å²) in [7, 11) is 3.17. The van der Waals surface area contributed by atoms with Gasteiger partial charge in [-0.3, -0.25) is 9.59 Å². The van der Waals surface area contributed by atoms with E-state index in [-0.39, 0.29) is 17.7 Å². The molecule has 130 valence electrons.